The highest BCUT2D eigenvalue weighted by atomic mass is 16.8. The summed E-state index contributed by atoms with van der Waals surface area (Å²) in [6.07, 6.45) is -11.6. The predicted octanol–water partition coefficient (Wildman–Crippen LogP) is -2.69. The van der Waals surface area contributed by atoms with Crippen LogP contribution >= 0.6 is 0 Å². The number of hydrogen-bond acceptors (Lipinski definition) is 9. The van der Waals surface area contributed by atoms with Gasteiger partial charge in [0.05, 0.1) is 12.2 Å². The first-order valence-electron chi connectivity index (χ1n) is 7.17. The second-order valence-electron chi connectivity index (χ2n) is 5.71. The van der Waals surface area contributed by atoms with Gasteiger partial charge in [-0.3, -0.25) is 0 Å². The minimum atomic E-state index is -1.52. The van der Waals surface area contributed by atoms with E-state index >= 15 is 0 Å². The fourth-order valence-electron chi connectivity index (χ4n) is 2.62. The van der Waals surface area contributed by atoms with Crippen molar-refractivity contribution in [3.63, 3.8) is 0 Å². The predicted molar refractivity (Wildman–Crippen MR) is 70.6 cm³/mol. The van der Waals surface area contributed by atoms with Crippen molar-refractivity contribution in [1.29, 1.82) is 0 Å². The van der Waals surface area contributed by atoms with Crippen molar-refractivity contribution in [2.45, 2.75) is 75.3 Å². The molecule has 0 spiro atoms. The van der Waals surface area contributed by atoms with Gasteiger partial charge in [0.1, 0.15) is 36.6 Å². The first-order valence-corrected chi connectivity index (χ1v) is 7.17. The third kappa shape index (κ3) is 3.28. The molecule has 0 saturated carbocycles. The molecule has 9 nitrogen and oxygen atoms in total. The molecule has 2 aliphatic rings. The quantitative estimate of drug-likeness (QED) is 0.351. The Bertz CT molecular complexity index is 365. The minimum absolute atomic E-state index is 0.664. The van der Waals surface area contributed by atoms with E-state index < -0.39 is 61.4 Å². The van der Waals surface area contributed by atoms with Crippen LogP contribution in [0.3, 0.4) is 0 Å². The van der Waals surface area contributed by atoms with Gasteiger partial charge in [-0.05, 0) is 13.8 Å². The van der Waals surface area contributed by atoms with Crippen molar-refractivity contribution in [3.05, 3.63) is 0 Å². The molecule has 0 aromatic carbocycles. The normalized spacial score (nSPS) is 53.5. The van der Waals surface area contributed by atoms with Crippen molar-refractivity contribution < 1.29 is 44.5 Å². The standard InChI is InChI=1S/C13H24O9/c1-4-6(14)8(16)10(18)12(20-4)22-11-9(17)7(15)5(2)21-13(11)19-3/h4-18H,1-3H3/t4-,5-,6-,7-,8+,9+,10+,11+,12-,13+/m0/s1/i11+1. The molecule has 0 radical (unpaired) electrons. The van der Waals surface area contributed by atoms with E-state index in [0.29, 0.717) is 0 Å². The van der Waals surface area contributed by atoms with Crippen LogP contribution in [0, 0.1) is 0 Å². The summed E-state index contributed by atoms with van der Waals surface area (Å²) >= 11 is 0. The lowest BCUT2D eigenvalue weighted by molar-refractivity contribution is -0.359. The first-order chi connectivity index (χ1) is 10.3. The van der Waals surface area contributed by atoms with E-state index in [9.17, 15) is 25.5 Å². The maximum Gasteiger partial charge on any atom is 0.187 e. The fraction of sp³-hybridized carbons (Fsp3) is 1.00. The molecular formula is C13H24O9. The van der Waals surface area contributed by atoms with Crippen molar-refractivity contribution in [3.8, 4) is 0 Å². The van der Waals surface area contributed by atoms with Crippen LogP contribution in [0.15, 0.2) is 0 Å². The van der Waals surface area contributed by atoms with Crippen LogP contribution in [-0.2, 0) is 18.9 Å². The molecule has 2 fully saturated rings. The van der Waals surface area contributed by atoms with Gasteiger partial charge >= 0.3 is 0 Å². The summed E-state index contributed by atoms with van der Waals surface area (Å²) in [4.78, 5) is 0. The lowest BCUT2D eigenvalue weighted by Gasteiger charge is -2.45. The van der Waals surface area contributed by atoms with Crippen molar-refractivity contribution in [2.75, 3.05) is 7.11 Å². The number of aliphatic hydroxyl groups is 5. The summed E-state index contributed by atoms with van der Waals surface area (Å²) in [5, 5.41) is 49.3. The molecule has 9 heteroatoms. The Hall–Kier alpha value is -0.360. The van der Waals surface area contributed by atoms with E-state index in [1.807, 2.05) is 0 Å². The highest BCUT2D eigenvalue weighted by Crippen LogP contribution is 2.29. The van der Waals surface area contributed by atoms with Gasteiger partial charge in [0.15, 0.2) is 12.6 Å². The maximum absolute atomic E-state index is 10.1. The van der Waals surface area contributed by atoms with E-state index in [0.717, 1.165) is 0 Å². The van der Waals surface area contributed by atoms with Gasteiger partial charge in [0, 0.05) is 7.11 Å². The average molecular weight is 325 g/mol. The summed E-state index contributed by atoms with van der Waals surface area (Å²) in [5.41, 5.74) is 0. The SMILES string of the molecule is CO[C@@H]1O[C@@H](C)[C@H](O)[C@@H](O)[13C@H]1O[C@@H]1O[C@@H](C)[C@H](O)[C@@H](O)[C@H]1O. The largest absolute Gasteiger partial charge is 0.388 e. The fourth-order valence-corrected chi connectivity index (χ4v) is 2.62. The van der Waals surface area contributed by atoms with E-state index in [2.05, 4.69) is 0 Å². The lowest BCUT2D eigenvalue weighted by atomic mass is 10.0. The summed E-state index contributed by atoms with van der Waals surface area (Å²) in [5.74, 6) is 0. The Morgan fingerprint density at radius 1 is 0.682 bits per heavy atom. The zero-order valence-electron chi connectivity index (χ0n) is 12.6. The van der Waals surface area contributed by atoms with E-state index in [1.165, 1.54) is 14.0 Å². The van der Waals surface area contributed by atoms with Gasteiger partial charge < -0.3 is 44.5 Å². The summed E-state index contributed by atoms with van der Waals surface area (Å²) in [6.45, 7) is 3.08. The Balaban J connectivity index is 2.10. The minimum Gasteiger partial charge on any atom is -0.388 e. The summed E-state index contributed by atoms with van der Waals surface area (Å²) in [6, 6.07) is 0. The molecule has 5 N–H and O–H groups in total. The number of ether oxygens (including phenoxy) is 4. The first kappa shape index (κ1) is 18.0. The highest BCUT2D eigenvalue weighted by molar-refractivity contribution is 4.92. The molecule has 0 amide bonds. The number of hydrogen-bond donors (Lipinski definition) is 5. The third-order valence-electron chi connectivity index (χ3n) is 4.12. The molecule has 2 heterocycles. The lowest BCUT2D eigenvalue weighted by Crippen LogP contribution is -2.63. The molecule has 22 heavy (non-hydrogen) atoms. The number of rotatable bonds is 3. The van der Waals surface area contributed by atoms with Crippen molar-refractivity contribution in [2.24, 2.45) is 0 Å². The monoisotopic (exact) mass is 325 g/mol. The maximum atomic E-state index is 10.1. The number of methoxy groups -OCH3 is 1. The van der Waals surface area contributed by atoms with Gasteiger partial charge in [-0.15, -0.1) is 0 Å². The van der Waals surface area contributed by atoms with Crippen LogP contribution in [-0.4, -0.2) is 94.1 Å². The highest BCUT2D eigenvalue weighted by Gasteiger charge is 2.49. The van der Waals surface area contributed by atoms with Crippen LogP contribution in [0.4, 0.5) is 0 Å². The van der Waals surface area contributed by atoms with Crippen molar-refractivity contribution >= 4 is 0 Å². The van der Waals surface area contributed by atoms with E-state index in [-0.39, 0.29) is 0 Å². The van der Waals surface area contributed by atoms with Crippen LogP contribution in [0.2, 0.25) is 0 Å². The van der Waals surface area contributed by atoms with Crippen LogP contribution in [0.1, 0.15) is 13.8 Å². The second kappa shape index (κ2) is 7.04. The molecule has 2 rings (SSSR count). The molecule has 0 aromatic heterocycles. The van der Waals surface area contributed by atoms with Gasteiger partial charge in [0.2, 0.25) is 0 Å². The van der Waals surface area contributed by atoms with Gasteiger partial charge in [-0.1, -0.05) is 0 Å². The molecule has 0 unspecified atom stereocenters. The molecule has 0 aliphatic carbocycles. The molecule has 130 valence electrons. The number of aliphatic hydroxyl groups excluding tert-OH is 5. The smallest absolute Gasteiger partial charge is 0.187 e. The second-order valence-corrected chi connectivity index (χ2v) is 5.71. The zero-order valence-corrected chi connectivity index (χ0v) is 12.6. The van der Waals surface area contributed by atoms with Crippen LogP contribution in [0.25, 0.3) is 0 Å². The van der Waals surface area contributed by atoms with Gasteiger partial charge in [-0.2, -0.15) is 0 Å². The molecule has 0 aromatic rings. The van der Waals surface area contributed by atoms with E-state index in [1.54, 1.807) is 6.92 Å². The Morgan fingerprint density at radius 2 is 1.18 bits per heavy atom. The Kier molecular flexibility index (Phi) is 5.75. The topological polar surface area (TPSA) is 138 Å². The van der Waals surface area contributed by atoms with Gasteiger partial charge in [0.25, 0.3) is 0 Å². The Morgan fingerprint density at radius 3 is 1.73 bits per heavy atom. The van der Waals surface area contributed by atoms with Crippen LogP contribution in [0.5, 0.6) is 0 Å². The van der Waals surface area contributed by atoms with E-state index in [4.69, 9.17) is 18.9 Å². The summed E-state index contributed by atoms with van der Waals surface area (Å²) < 4.78 is 21.2. The van der Waals surface area contributed by atoms with Crippen molar-refractivity contribution in [1.82, 2.24) is 0 Å². The average Bonchev–Trinajstić information content (AvgIpc) is 2.50. The zero-order chi connectivity index (χ0) is 16.6. The molecule has 2 aliphatic heterocycles. The molecule has 2 saturated heterocycles. The third-order valence-corrected chi connectivity index (χ3v) is 4.12. The molecule has 10 atom stereocenters. The Labute approximate surface area is 128 Å². The molecule has 0 bridgehead atoms. The van der Waals surface area contributed by atoms with Gasteiger partial charge in [-0.25, -0.2) is 0 Å². The van der Waals surface area contributed by atoms with Crippen LogP contribution < -0.4 is 0 Å². The molecular weight excluding hydrogens is 301 g/mol. The summed E-state index contributed by atoms with van der Waals surface area (Å²) in [7, 11) is 1.34.